The third kappa shape index (κ3) is 4.95. The Balaban J connectivity index is 1.63. The molecular formula is C23H24ClNO. The van der Waals surface area contributed by atoms with Crippen LogP contribution >= 0.6 is 11.6 Å². The highest BCUT2D eigenvalue weighted by Crippen LogP contribution is 2.21. The van der Waals surface area contributed by atoms with E-state index >= 15 is 0 Å². The summed E-state index contributed by atoms with van der Waals surface area (Å²) in [6.45, 7) is 2.18. The van der Waals surface area contributed by atoms with E-state index in [-0.39, 0.29) is 18.7 Å². The van der Waals surface area contributed by atoms with E-state index in [1.807, 2.05) is 30.3 Å². The summed E-state index contributed by atoms with van der Waals surface area (Å²) < 4.78 is 0. The average Bonchev–Trinajstić information content (AvgIpc) is 2.67. The SMILES string of the molecule is CC(Cc1ccc(-c2ccccc2)cc1)NC(CO)c1cccc(Cl)c1. The zero-order valence-electron chi connectivity index (χ0n) is 14.9. The fraction of sp³-hybridized carbons (Fsp3) is 0.217. The molecule has 3 rings (SSSR count). The maximum absolute atomic E-state index is 9.74. The van der Waals surface area contributed by atoms with Gasteiger partial charge < -0.3 is 10.4 Å². The van der Waals surface area contributed by atoms with E-state index in [0.29, 0.717) is 5.02 Å². The lowest BCUT2D eigenvalue weighted by atomic mass is 10.00. The van der Waals surface area contributed by atoms with Gasteiger partial charge in [-0.2, -0.15) is 0 Å². The second kappa shape index (κ2) is 9.00. The number of halogens is 1. The van der Waals surface area contributed by atoms with Gasteiger partial charge in [0.05, 0.1) is 12.6 Å². The second-order valence-electron chi connectivity index (χ2n) is 6.62. The predicted octanol–water partition coefficient (Wildman–Crippen LogP) is 5.26. The van der Waals surface area contributed by atoms with Crippen molar-refractivity contribution < 1.29 is 5.11 Å². The van der Waals surface area contributed by atoms with Crippen molar-refractivity contribution in [3.05, 3.63) is 95.0 Å². The quantitative estimate of drug-likeness (QED) is 0.598. The van der Waals surface area contributed by atoms with Crippen LogP contribution < -0.4 is 5.32 Å². The number of hydrogen-bond acceptors (Lipinski definition) is 2. The third-order valence-electron chi connectivity index (χ3n) is 4.52. The van der Waals surface area contributed by atoms with Gasteiger partial charge >= 0.3 is 0 Å². The minimum atomic E-state index is -0.118. The lowest BCUT2D eigenvalue weighted by Gasteiger charge is -2.22. The first-order chi connectivity index (χ1) is 12.7. The van der Waals surface area contributed by atoms with Crippen LogP contribution in [0, 0.1) is 0 Å². The first-order valence-corrected chi connectivity index (χ1v) is 9.30. The van der Waals surface area contributed by atoms with Gasteiger partial charge in [0, 0.05) is 11.1 Å². The molecule has 26 heavy (non-hydrogen) atoms. The van der Waals surface area contributed by atoms with Crippen LogP contribution in [-0.2, 0) is 6.42 Å². The minimum absolute atomic E-state index is 0.0393. The first kappa shape index (κ1) is 18.7. The Bertz CT molecular complexity index is 817. The molecule has 0 saturated carbocycles. The number of hydrogen-bond donors (Lipinski definition) is 2. The van der Waals surface area contributed by atoms with Gasteiger partial charge in [-0.05, 0) is 47.7 Å². The fourth-order valence-electron chi connectivity index (χ4n) is 3.20. The fourth-order valence-corrected chi connectivity index (χ4v) is 3.40. The van der Waals surface area contributed by atoms with E-state index in [0.717, 1.165) is 12.0 Å². The number of aliphatic hydroxyl groups is 1. The average molecular weight is 366 g/mol. The zero-order valence-corrected chi connectivity index (χ0v) is 15.7. The van der Waals surface area contributed by atoms with Crippen molar-refractivity contribution in [3.8, 4) is 11.1 Å². The van der Waals surface area contributed by atoms with E-state index in [9.17, 15) is 5.11 Å². The van der Waals surface area contributed by atoms with Crippen LogP contribution in [-0.4, -0.2) is 17.8 Å². The maximum atomic E-state index is 9.74. The van der Waals surface area contributed by atoms with Crippen LogP contribution in [0.5, 0.6) is 0 Å². The maximum Gasteiger partial charge on any atom is 0.0626 e. The highest BCUT2D eigenvalue weighted by molar-refractivity contribution is 6.30. The first-order valence-electron chi connectivity index (χ1n) is 8.92. The van der Waals surface area contributed by atoms with Crippen LogP contribution in [0.1, 0.15) is 24.1 Å². The molecule has 2 atom stereocenters. The van der Waals surface area contributed by atoms with Crippen LogP contribution in [0.2, 0.25) is 5.02 Å². The van der Waals surface area contributed by atoms with Crippen LogP contribution in [0.25, 0.3) is 11.1 Å². The molecular weight excluding hydrogens is 342 g/mol. The minimum Gasteiger partial charge on any atom is -0.394 e. The largest absolute Gasteiger partial charge is 0.394 e. The Labute approximate surface area is 160 Å². The molecule has 0 aliphatic heterocycles. The highest BCUT2D eigenvalue weighted by atomic mass is 35.5. The van der Waals surface area contributed by atoms with Crippen molar-refractivity contribution in [2.24, 2.45) is 0 Å². The predicted molar refractivity (Wildman–Crippen MR) is 109 cm³/mol. The topological polar surface area (TPSA) is 32.3 Å². The Kier molecular flexibility index (Phi) is 6.45. The number of aliphatic hydroxyl groups excluding tert-OH is 1. The molecule has 2 unspecified atom stereocenters. The van der Waals surface area contributed by atoms with Crippen molar-refractivity contribution in [2.75, 3.05) is 6.61 Å². The zero-order chi connectivity index (χ0) is 18.4. The standard InChI is InChI=1S/C23H24ClNO/c1-17(25-23(16-26)21-8-5-9-22(24)15-21)14-18-10-12-20(13-11-18)19-6-3-2-4-7-19/h2-13,15,17,23,25-26H,14,16H2,1H3. The normalized spacial score (nSPS) is 13.3. The van der Waals surface area contributed by atoms with E-state index in [1.54, 1.807) is 0 Å². The molecule has 3 aromatic carbocycles. The van der Waals surface area contributed by atoms with Gasteiger partial charge in [0.15, 0.2) is 0 Å². The van der Waals surface area contributed by atoms with Crippen molar-refractivity contribution in [3.63, 3.8) is 0 Å². The van der Waals surface area contributed by atoms with Gasteiger partial charge in [0.25, 0.3) is 0 Å². The summed E-state index contributed by atoms with van der Waals surface area (Å²) in [5.74, 6) is 0. The molecule has 0 aliphatic rings. The summed E-state index contributed by atoms with van der Waals surface area (Å²) in [5, 5.41) is 13.9. The molecule has 2 N–H and O–H groups in total. The lowest BCUT2D eigenvalue weighted by Crippen LogP contribution is -2.34. The number of nitrogens with one attached hydrogen (secondary N) is 1. The van der Waals surface area contributed by atoms with Crippen molar-refractivity contribution in [2.45, 2.75) is 25.4 Å². The molecule has 3 heteroatoms. The molecule has 0 spiro atoms. The summed E-state index contributed by atoms with van der Waals surface area (Å²) in [7, 11) is 0. The monoisotopic (exact) mass is 365 g/mol. The summed E-state index contributed by atoms with van der Waals surface area (Å²) in [4.78, 5) is 0. The Morgan fingerprint density at radius 3 is 2.23 bits per heavy atom. The number of rotatable bonds is 7. The Hall–Kier alpha value is -2.13. The molecule has 2 nitrogen and oxygen atoms in total. The molecule has 3 aromatic rings. The second-order valence-corrected chi connectivity index (χ2v) is 7.06. The van der Waals surface area contributed by atoms with Gasteiger partial charge in [0.1, 0.15) is 0 Å². The van der Waals surface area contributed by atoms with Gasteiger partial charge in [-0.1, -0.05) is 78.3 Å². The molecule has 0 aromatic heterocycles. The van der Waals surface area contributed by atoms with Crippen molar-refractivity contribution >= 4 is 11.6 Å². The van der Waals surface area contributed by atoms with Crippen LogP contribution in [0.3, 0.4) is 0 Å². The molecule has 0 amide bonds. The highest BCUT2D eigenvalue weighted by Gasteiger charge is 2.14. The van der Waals surface area contributed by atoms with Crippen molar-refractivity contribution in [1.82, 2.24) is 5.32 Å². The molecule has 0 aliphatic carbocycles. The van der Waals surface area contributed by atoms with Gasteiger partial charge in [-0.15, -0.1) is 0 Å². The van der Waals surface area contributed by atoms with E-state index in [1.165, 1.54) is 16.7 Å². The third-order valence-corrected chi connectivity index (χ3v) is 4.76. The van der Waals surface area contributed by atoms with Crippen LogP contribution in [0.4, 0.5) is 0 Å². The molecule has 134 valence electrons. The van der Waals surface area contributed by atoms with Gasteiger partial charge in [-0.25, -0.2) is 0 Å². The van der Waals surface area contributed by atoms with Crippen molar-refractivity contribution in [1.29, 1.82) is 0 Å². The molecule has 0 radical (unpaired) electrons. The molecule has 0 fully saturated rings. The van der Waals surface area contributed by atoms with Gasteiger partial charge in [0.2, 0.25) is 0 Å². The molecule has 0 heterocycles. The molecule has 0 saturated heterocycles. The Morgan fingerprint density at radius 1 is 0.885 bits per heavy atom. The number of benzene rings is 3. The van der Waals surface area contributed by atoms with Gasteiger partial charge in [-0.3, -0.25) is 0 Å². The Morgan fingerprint density at radius 2 is 1.58 bits per heavy atom. The van der Waals surface area contributed by atoms with E-state index in [2.05, 4.69) is 60.8 Å². The van der Waals surface area contributed by atoms with Crippen LogP contribution in [0.15, 0.2) is 78.9 Å². The van der Waals surface area contributed by atoms with E-state index in [4.69, 9.17) is 11.6 Å². The molecule has 0 bridgehead atoms. The smallest absolute Gasteiger partial charge is 0.0626 e. The summed E-state index contributed by atoms with van der Waals surface area (Å²) in [5.41, 5.74) is 4.73. The summed E-state index contributed by atoms with van der Waals surface area (Å²) >= 11 is 6.07. The lowest BCUT2D eigenvalue weighted by molar-refractivity contribution is 0.235. The van der Waals surface area contributed by atoms with E-state index < -0.39 is 0 Å². The summed E-state index contributed by atoms with van der Waals surface area (Å²) in [6.07, 6.45) is 0.895. The summed E-state index contributed by atoms with van der Waals surface area (Å²) in [6, 6.07) is 26.8.